The van der Waals surface area contributed by atoms with Gasteiger partial charge in [-0.15, -0.1) is 0 Å². The van der Waals surface area contributed by atoms with E-state index in [1.807, 2.05) is 0 Å². The van der Waals surface area contributed by atoms with Crippen LogP contribution in [0.5, 0.6) is 0 Å². The number of methoxy groups -OCH3 is 1. The van der Waals surface area contributed by atoms with E-state index in [2.05, 4.69) is 4.74 Å². The monoisotopic (exact) mass is 214 g/mol. The van der Waals surface area contributed by atoms with Crippen molar-refractivity contribution < 1.29 is 35.5 Å². The summed E-state index contributed by atoms with van der Waals surface area (Å²) in [6.45, 7) is 0. The molecule has 0 rings (SSSR count). The van der Waals surface area contributed by atoms with Gasteiger partial charge in [0.15, 0.2) is 0 Å². The molecule has 0 aromatic heterocycles. The number of alkyl halides is 7. The van der Waals surface area contributed by atoms with E-state index in [0.29, 0.717) is 7.11 Å². The van der Waals surface area contributed by atoms with Crippen LogP contribution in [0.4, 0.5) is 30.7 Å². The quantitative estimate of drug-likeness (QED) is 0.655. The summed E-state index contributed by atoms with van der Waals surface area (Å²) in [6.07, 6.45) is -14.3. The second-order valence-corrected chi connectivity index (χ2v) is 2.12. The highest BCUT2D eigenvalue weighted by atomic mass is 19.4. The van der Waals surface area contributed by atoms with Gasteiger partial charge in [0.1, 0.15) is 0 Å². The largest absolute Gasteiger partial charge is 0.433 e. The molecule has 0 N–H and O–H groups in total. The lowest BCUT2D eigenvalue weighted by molar-refractivity contribution is -0.320. The zero-order valence-corrected chi connectivity index (χ0v) is 6.21. The van der Waals surface area contributed by atoms with Crippen LogP contribution in [0.15, 0.2) is 0 Å². The van der Waals surface area contributed by atoms with Crippen molar-refractivity contribution in [3.05, 3.63) is 0 Å². The molecule has 2 atom stereocenters. The van der Waals surface area contributed by atoms with Crippen LogP contribution in [-0.2, 0) is 4.74 Å². The molecule has 80 valence electrons. The molecule has 0 aromatic rings. The SMILES string of the molecule is COC(F)C(F)(C(F)F)C(F)(F)F. The molecule has 0 radical (unpaired) electrons. The molecule has 0 aromatic carbocycles. The number of rotatable bonds is 3. The third-order valence-electron chi connectivity index (χ3n) is 1.29. The van der Waals surface area contributed by atoms with Crippen molar-refractivity contribution in [2.24, 2.45) is 0 Å². The van der Waals surface area contributed by atoms with Crippen molar-refractivity contribution in [2.75, 3.05) is 7.11 Å². The maximum Gasteiger partial charge on any atom is 0.433 e. The Kier molecular flexibility index (Phi) is 3.54. The highest BCUT2D eigenvalue weighted by molar-refractivity contribution is 4.92. The molecule has 0 aliphatic rings. The lowest BCUT2D eigenvalue weighted by Gasteiger charge is -2.28. The molecule has 0 aliphatic heterocycles. The van der Waals surface area contributed by atoms with Crippen LogP contribution in [0.1, 0.15) is 0 Å². The molecule has 0 spiro atoms. The van der Waals surface area contributed by atoms with Crippen molar-refractivity contribution >= 4 is 0 Å². The molecule has 0 saturated carbocycles. The summed E-state index contributed by atoms with van der Waals surface area (Å²) in [5.74, 6) is 0. The molecule has 0 heterocycles. The molecule has 8 heteroatoms. The zero-order chi connectivity index (χ0) is 10.9. The molecule has 0 amide bonds. The first-order chi connectivity index (χ1) is 5.67. The van der Waals surface area contributed by atoms with Gasteiger partial charge in [0, 0.05) is 7.11 Å². The first-order valence-electron chi connectivity index (χ1n) is 2.88. The summed E-state index contributed by atoms with van der Waals surface area (Å²) < 4.78 is 85.9. The minimum Gasteiger partial charge on any atom is -0.349 e. The van der Waals surface area contributed by atoms with Gasteiger partial charge in [0.2, 0.25) is 6.36 Å². The Balaban J connectivity index is 4.96. The average Bonchev–Trinajstić information content (AvgIpc) is 1.98. The minimum atomic E-state index is -6.02. The van der Waals surface area contributed by atoms with E-state index in [1.165, 1.54) is 0 Å². The number of hydrogen-bond donors (Lipinski definition) is 0. The van der Waals surface area contributed by atoms with Gasteiger partial charge in [0.05, 0.1) is 0 Å². The first kappa shape index (κ1) is 12.5. The maximum absolute atomic E-state index is 12.4. The summed E-state index contributed by atoms with van der Waals surface area (Å²) in [7, 11) is 0.354. The molecule has 0 fully saturated rings. The predicted octanol–water partition coefficient (Wildman–Crippen LogP) is 2.46. The lowest BCUT2D eigenvalue weighted by atomic mass is 10.1. The summed E-state index contributed by atoms with van der Waals surface area (Å²) >= 11 is 0. The second-order valence-electron chi connectivity index (χ2n) is 2.12. The summed E-state index contributed by atoms with van der Waals surface area (Å²) in [5.41, 5.74) is -5.28. The van der Waals surface area contributed by atoms with Gasteiger partial charge in [0.25, 0.3) is 6.43 Å². The van der Waals surface area contributed by atoms with Crippen LogP contribution in [0.3, 0.4) is 0 Å². The fourth-order valence-corrected chi connectivity index (χ4v) is 0.523. The van der Waals surface area contributed by atoms with Crippen LogP contribution < -0.4 is 0 Å². The summed E-state index contributed by atoms with van der Waals surface area (Å²) in [4.78, 5) is 0. The van der Waals surface area contributed by atoms with Crippen molar-refractivity contribution in [1.29, 1.82) is 0 Å². The van der Waals surface area contributed by atoms with Gasteiger partial charge >= 0.3 is 11.8 Å². The Morgan fingerprint density at radius 2 is 1.38 bits per heavy atom. The average molecular weight is 214 g/mol. The van der Waals surface area contributed by atoms with E-state index < -0.39 is 24.6 Å². The van der Waals surface area contributed by atoms with Crippen LogP contribution in [-0.4, -0.2) is 31.7 Å². The van der Waals surface area contributed by atoms with E-state index in [-0.39, 0.29) is 0 Å². The number of ether oxygens (including phenoxy) is 1. The van der Waals surface area contributed by atoms with E-state index >= 15 is 0 Å². The summed E-state index contributed by atoms with van der Waals surface area (Å²) in [5, 5.41) is 0. The Hall–Kier alpha value is -0.530. The summed E-state index contributed by atoms with van der Waals surface area (Å²) in [6, 6.07) is 0. The van der Waals surface area contributed by atoms with Gasteiger partial charge in [-0.3, -0.25) is 0 Å². The van der Waals surface area contributed by atoms with Crippen LogP contribution in [0, 0.1) is 0 Å². The molecular weight excluding hydrogens is 209 g/mol. The molecule has 0 aliphatic carbocycles. The fraction of sp³-hybridized carbons (Fsp3) is 1.00. The van der Waals surface area contributed by atoms with Crippen LogP contribution in [0.2, 0.25) is 0 Å². The number of halogens is 7. The predicted molar refractivity (Wildman–Crippen MR) is 27.8 cm³/mol. The highest BCUT2D eigenvalue weighted by Crippen LogP contribution is 2.42. The molecule has 13 heavy (non-hydrogen) atoms. The lowest BCUT2D eigenvalue weighted by Crippen LogP contribution is -2.55. The van der Waals surface area contributed by atoms with Gasteiger partial charge in [-0.05, 0) is 0 Å². The Labute approximate surface area is 68.5 Å². The normalized spacial score (nSPS) is 20.1. The maximum atomic E-state index is 12.4. The van der Waals surface area contributed by atoms with E-state index in [9.17, 15) is 30.7 Å². The van der Waals surface area contributed by atoms with Crippen molar-refractivity contribution in [2.45, 2.75) is 24.6 Å². The van der Waals surface area contributed by atoms with Gasteiger partial charge < -0.3 is 4.74 Å². The third-order valence-corrected chi connectivity index (χ3v) is 1.29. The minimum absolute atomic E-state index is 0.354. The Morgan fingerprint density at radius 3 is 1.46 bits per heavy atom. The van der Waals surface area contributed by atoms with Crippen molar-refractivity contribution in [3.63, 3.8) is 0 Å². The van der Waals surface area contributed by atoms with E-state index in [4.69, 9.17) is 0 Å². The smallest absolute Gasteiger partial charge is 0.349 e. The Bertz CT molecular complexity index is 167. The first-order valence-corrected chi connectivity index (χ1v) is 2.88. The van der Waals surface area contributed by atoms with E-state index in [1.54, 1.807) is 0 Å². The molecule has 0 saturated heterocycles. The molecule has 2 unspecified atom stereocenters. The number of hydrogen-bond acceptors (Lipinski definition) is 1. The fourth-order valence-electron chi connectivity index (χ4n) is 0.523. The second kappa shape index (κ2) is 3.69. The standard InChI is InChI=1S/C5H5F7O/c1-13-3(8)4(9,2(6)7)5(10,11)12/h2-3H,1H3. The van der Waals surface area contributed by atoms with Crippen molar-refractivity contribution in [3.8, 4) is 0 Å². The molecule has 1 nitrogen and oxygen atoms in total. The van der Waals surface area contributed by atoms with Crippen LogP contribution in [0.25, 0.3) is 0 Å². The van der Waals surface area contributed by atoms with Crippen molar-refractivity contribution in [1.82, 2.24) is 0 Å². The Morgan fingerprint density at radius 1 is 1.00 bits per heavy atom. The highest BCUT2D eigenvalue weighted by Gasteiger charge is 2.68. The van der Waals surface area contributed by atoms with Crippen LogP contribution >= 0.6 is 0 Å². The van der Waals surface area contributed by atoms with Gasteiger partial charge in [-0.1, -0.05) is 0 Å². The molecule has 0 bridgehead atoms. The van der Waals surface area contributed by atoms with E-state index in [0.717, 1.165) is 0 Å². The topological polar surface area (TPSA) is 9.23 Å². The molecular formula is C5H5F7O. The van der Waals surface area contributed by atoms with Gasteiger partial charge in [-0.25, -0.2) is 17.6 Å². The third kappa shape index (κ3) is 2.04. The van der Waals surface area contributed by atoms with Gasteiger partial charge in [-0.2, -0.15) is 13.2 Å². The zero-order valence-electron chi connectivity index (χ0n) is 6.21.